The van der Waals surface area contributed by atoms with Crippen LogP contribution in [0.1, 0.15) is 17.2 Å². The lowest BCUT2D eigenvalue weighted by molar-refractivity contribution is -0.118. The van der Waals surface area contributed by atoms with Crippen LogP contribution in [0.5, 0.6) is 0 Å². The Labute approximate surface area is 169 Å². The number of thiol groups is 1. The van der Waals surface area contributed by atoms with Gasteiger partial charge in [0.15, 0.2) is 0 Å². The van der Waals surface area contributed by atoms with Crippen molar-refractivity contribution in [3.8, 4) is 0 Å². The molecule has 2 N–H and O–H groups in total. The molecule has 0 bridgehead atoms. The number of anilines is 1. The zero-order chi connectivity index (χ0) is 19.6. The number of hydrogen-bond donors (Lipinski definition) is 3. The number of hydrogen-bond acceptors (Lipinski definition) is 5. The van der Waals surface area contributed by atoms with Crippen LogP contribution in [0.15, 0.2) is 47.4 Å². The van der Waals surface area contributed by atoms with Gasteiger partial charge in [-0.15, -0.1) is 0 Å². The van der Waals surface area contributed by atoms with E-state index in [1.807, 2.05) is 12.1 Å². The fourth-order valence-corrected chi connectivity index (χ4v) is 5.35. The molecule has 1 amide bonds. The first kappa shape index (κ1) is 20.0. The van der Waals surface area contributed by atoms with E-state index in [4.69, 9.17) is 11.6 Å². The van der Waals surface area contributed by atoms with Gasteiger partial charge in [0.2, 0.25) is 5.91 Å². The van der Waals surface area contributed by atoms with E-state index in [1.165, 1.54) is 10.4 Å². The van der Waals surface area contributed by atoms with E-state index in [1.54, 1.807) is 31.3 Å². The molecule has 3 rings (SSSR count). The number of sulfonamides is 1. The van der Waals surface area contributed by atoms with E-state index in [0.717, 1.165) is 5.56 Å². The minimum Gasteiger partial charge on any atom is -0.354 e. The van der Waals surface area contributed by atoms with E-state index in [2.05, 4.69) is 23.3 Å². The van der Waals surface area contributed by atoms with Crippen molar-refractivity contribution in [1.29, 1.82) is 0 Å². The quantitative estimate of drug-likeness (QED) is 0.642. The number of para-hydroxylation sites is 1. The number of nitrogens with one attached hydrogen (secondary N) is 2. The standard InChI is InChI=1S/C18H20ClN3O3S2/c1-20-18-13-4-2-3-5-15(13)22(9-8-21-17(23)11-26)27(24,25)16-10-12(19)6-7-14(16)18/h2-7,10,18,20,26H,8-9,11H2,1H3,(H,21,23). The summed E-state index contributed by atoms with van der Waals surface area (Å²) >= 11 is 10.0. The molecule has 27 heavy (non-hydrogen) atoms. The van der Waals surface area contributed by atoms with Gasteiger partial charge in [-0.1, -0.05) is 35.9 Å². The number of carbonyl (C=O) groups excluding carboxylic acids is 1. The number of rotatable bonds is 5. The molecule has 144 valence electrons. The first-order valence-electron chi connectivity index (χ1n) is 8.36. The van der Waals surface area contributed by atoms with Crippen molar-refractivity contribution < 1.29 is 13.2 Å². The van der Waals surface area contributed by atoms with Gasteiger partial charge in [-0.2, -0.15) is 12.6 Å². The van der Waals surface area contributed by atoms with Gasteiger partial charge >= 0.3 is 0 Å². The Hall–Kier alpha value is -1.74. The number of halogens is 1. The van der Waals surface area contributed by atoms with Crippen molar-refractivity contribution in [1.82, 2.24) is 10.6 Å². The summed E-state index contributed by atoms with van der Waals surface area (Å²) in [5.74, 6) is -0.209. The third-order valence-electron chi connectivity index (χ3n) is 4.44. The number of fused-ring (bicyclic) bond motifs is 2. The molecule has 0 fully saturated rings. The van der Waals surface area contributed by atoms with E-state index in [-0.39, 0.29) is 35.7 Å². The number of amides is 1. The fourth-order valence-electron chi connectivity index (χ4n) is 3.25. The maximum atomic E-state index is 13.5. The molecule has 0 spiro atoms. The second-order valence-electron chi connectivity index (χ2n) is 6.05. The SMILES string of the molecule is CNC1c2ccccc2N(CCNC(=O)CS)S(=O)(=O)c2cc(Cl)ccc21. The number of carbonyl (C=O) groups is 1. The van der Waals surface area contributed by atoms with E-state index >= 15 is 0 Å². The van der Waals surface area contributed by atoms with Crippen molar-refractivity contribution in [3.63, 3.8) is 0 Å². The summed E-state index contributed by atoms with van der Waals surface area (Å²) in [7, 11) is -2.08. The van der Waals surface area contributed by atoms with Crippen molar-refractivity contribution in [2.75, 3.05) is 30.2 Å². The molecule has 0 aliphatic carbocycles. The molecule has 2 aromatic carbocycles. The lowest BCUT2D eigenvalue weighted by Crippen LogP contribution is -2.39. The van der Waals surface area contributed by atoms with Gasteiger partial charge in [0, 0.05) is 11.6 Å². The Balaban J connectivity index is 2.15. The predicted molar refractivity (Wildman–Crippen MR) is 110 cm³/mol. The molecule has 2 aromatic rings. The molecule has 0 aromatic heterocycles. The Bertz CT molecular complexity index is 966. The highest BCUT2D eigenvalue weighted by atomic mass is 35.5. The normalized spacial score (nSPS) is 17.6. The maximum absolute atomic E-state index is 13.5. The molecule has 6 nitrogen and oxygen atoms in total. The van der Waals surface area contributed by atoms with Crippen LogP contribution in [0, 0.1) is 0 Å². The number of nitrogens with zero attached hydrogens (tertiary/aromatic N) is 1. The van der Waals surface area contributed by atoms with Crippen molar-refractivity contribution >= 4 is 45.8 Å². The van der Waals surface area contributed by atoms with Crippen molar-refractivity contribution in [2.24, 2.45) is 0 Å². The summed E-state index contributed by atoms with van der Waals surface area (Å²) < 4.78 is 28.2. The molecule has 0 saturated heterocycles. The van der Waals surface area contributed by atoms with Crippen molar-refractivity contribution in [3.05, 3.63) is 58.6 Å². The van der Waals surface area contributed by atoms with Gasteiger partial charge in [0.25, 0.3) is 10.0 Å². The average molecular weight is 426 g/mol. The first-order chi connectivity index (χ1) is 12.9. The molecule has 1 unspecified atom stereocenters. The van der Waals surface area contributed by atoms with Gasteiger partial charge < -0.3 is 10.6 Å². The van der Waals surface area contributed by atoms with Crippen LogP contribution in [0.2, 0.25) is 5.02 Å². The minimum atomic E-state index is -3.86. The van der Waals surface area contributed by atoms with Crippen LogP contribution in [-0.2, 0) is 14.8 Å². The molecular formula is C18H20ClN3O3S2. The molecule has 1 heterocycles. The second-order valence-corrected chi connectivity index (χ2v) is 8.63. The first-order valence-corrected chi connectivity index (χ1v) is 10.8. The van der Waals surface area contributed by atoms with Crippen LogP contribution in [0.3, 0.4) is 0 Å². The summed E-state index contributed by atoms with van der Waals surface area (Å²) in [5.41, 5.74) is 2.05. The molecule has 0 saturated carbocycles. The Kier molecular flexibility index (Phi) is 6.00. The zero-order valence-corrected chi connectivity index (χ0v) is 17.1. The maximum Gasteiger partial charge on any atom is 0.264 e. The van der Waals surface area contributed by atoms with Crippen LogP contribution >= 0.6 is 24.2 Å². The van der Waals surface area contributed by atoms with Crippen LogP contribution in [0.4, 0.5) is 5.69 Å². The van der Waals surface area contributed by atoms with Crippen LogP contribution in [0.25, 0.3) is 0 Å². The Morgan fingerprint density at radius 1 is 1.22 bits per heavy atom. The minimum absolute atomic E-state index is 0.0452. The lowest BCUT2D eigenvalue weighted by Gasteiger charge is -2.25. The van der Waals surface area contributed by atoms with Gasteiger partial charge in [0.1, 0.15) is 0 Å². The van der Waals surface area contributed by atoms with Crippen LogP contribution in [-0.4, -0.2) is 40.2 Å². The summed E-state index contributed by atoms with van der Waals surface area (Å²) in [5, 5.41) is 6.22. The molecule has 1 atom stereocenters. The van der Waals surface area contributed by atoms with Gasteiger partial charge in [-0.3, -0.25) is 9.10 Å². The molecule has 1 aliphatic heterocycles. The van der Waals surface area contributed by atoms with Gasteiger partial charge in [-0.25, -0.2) is 8.42 Å². The summed E-state index contributed by atoms with van der Waals surface area (Å²) in [4.78, 5) is 11.6. The summed E-state index contributed by atoms with van der Waals surface area (Å²) in [6, 6.07) is 11.9. The molecule has 1 aliphatic rings. The topological polar surface area (TPSA) is 78.5 Å². The highest BCUT2D eigenvalue weighted by molar-refractivity contribution is 7.93. The highest BCUT2D eigenvalue weighted by Gasteiger charge is 2.36. The van der Waals surface area contributed by atoms with Gasteiger partial charge in [0.05, 0.1) is 28.9 Å². The molecule has 9 heteroatoms. The second kappa shape index (κ2) is 8.10. The smallest absolute Gasteiger partial charge is 0.264 e. The predicted octanol–water partition coefficient (Wildman–Crippen LogP) is 2.20. The highest BCUT2D eigenvalue weighted by Crippen LogP contribution is 2.41. The van der Waals surface area contributed by atoms with E-state index in [9.17, 15) is 13.2 Å². The number of benzene rings is 2. The summed E-state index contributed by atoms with van der Waals surface area (Å²) in [6.07, 6.45) is 0. The summed E-state index contributed by atoms with van der Waals surface area (Å²) in [6.45, 7) is 0.272. The average Bonchev–Trinajstić information content (AvgIpc) is 2.73. The molecular weight excluding hydrogens is 406 g/mol. The zero-order valence-electron chi connectivity index (χ0n) is 14.6. The largest absolute Gasteiger partial charge is 0.354 e. The van der Waals surface area contributed by atoms with E-state index in [0.29, 0.717) is 16.3 Å². The monoisotopic (exact) mass is 425 g/mol. The van der Waals surface area contributed by atoms with E-state index < -0.39 is 10.0 Å². The Morgan fingerprint density at radius 3 is 2.67 bits per heavy atom. The Morgan fingerprint density at radius 2 is 1.96 bits per heavy atom. The molecule has 0 radical (unpaired) electrons. The van der Waals surface area contributed by atoms with Crippen LogP contribution < -0.4 is 14.9 Å². The fraction of sp³-hybridized carbons (Fsp3) is 0.278. The van der Waals surface area contributed by atoms with Crippen molar-refractivity contribution in [2.45, 2.75) is 10.9 Å². The third-order valence-corrected chi connectivity index (χ3v) is 6.83. The lowest BCUT2D eigenvalue weighted by atomic mass is 9.97. The van der Waals surface area contributed by atoms with Gasteiger partial charge in [-0.05, 0) is 36.4 Å². The third kappa shape index (κ3) is 3.80.